The quantitative estimate of drug-likeness (QED) is 0.525. The number of pyridine rings is 1. The van der Waals surface area contributed by atoms with E-state index in [9.17, 15) is 18.4 Å². The fraction of sp³-hybridized carbons (Fsp3) is 0.217. The summed E-state index contributed by atoms with van der Waals surface area (Å²) in [4.78, 5) is 33.5. The van der Waals surface area contributed by atoms with Crippen LogP contribution in [0.3, 0.4) is 0 Å². The van der Waals surface area contributed by atoms with Crippen LogP contribution in [0.4, 0.5) is 8.78 Å². The van der Waals surface area contributed by atoms with Gasteiger partial charge in [-0.2, -0.15) is 0 Å². The van der Waals surface area contributed by atoms with Gasteiger partial charge in [0.15, 0.2) is 5.69 Å². The third-order valence-electron chi connectivity index (χ3n) is 5.75. The predicted octanol–water partition coefficient (Wildman–Crippen LogP) is 3.38. The second-order valence-corrected chi connectivity index (χ2v) is 8.10. The summed E-state index contributed by atoms with van der Waals surface area (Å²) in [5, 5.41) is 11.6. The van der Waals surface area contributed by atoms with E-state index in [0.717, 1.165) is 6.07 Å². The average Bonchev–Trinajstić information content (AvgIpc) is 3.17. The Morgan fingerprint density at radius 2 is 2.00 bits per heavy atom. The van der Waals surface area contributed by atoms with Crippen molar-refractivity contribution in [1.29, 1.82) is 5.41 Å². The summed E-state index contributed by atoms with van der Waals surface area (Å²) in [5.41, 5.74) is 1.16. The monoisotopic (exact) mass is 486 g/mol. The zero-order chi connectivity index (χ0) is 24.6. The van der Waals surface area contributed by atoms with Crippen molar-refractivity contribution >= 4 is 28.9 Å². The number of imidazole rings is 1. The SMILES string of the molecule is CN/C(=C1/CCN(C(=O)c2ncn(-c3ccc[nH]c3=O)c2Cl)[C@@H](C)C1=N)c1cc(F)cc(F)c1. The van der Waals surface area contributed by atoms with Crippen molar-refractivity contribution in [2.75, 3.05) is 13.6 Å². The van der Waals surface area contributed by atoms with Crippen LogP contribution < -0.4 is 10.9 Å². The van der Waals surface area contributed by atoms with Gasteiger partial charge in [0, 0.05) is 42.7 Å². The maximum atomic E-state index is 13.8. The highest BCUT2D eigenvalue weighted by Crippen LogP contribution is 2.29. The number of nitrogens with zero attached hydrogens (tertiary/aromatic N) is 3. The minimum Gasteiger partial charge on any atom is -0.387 e. The van der Waals surface area contributed by atoms with Crippen molar-refractivity contribution in [1.82, 2.24) is 24.8 Å². The second kappa shape index (κ2) is 9.22. The fourth-order valence-electron chi connectivity index (χ4n) is 4.06. The van der Waals surface area contributed by atoms with Gasteiger partial charge in [-0.05, 0) is 37.6 Å². The maximum absolute atomic E-state index is 13.8. The van der Waals surface area contributed by atoms with E-state index < -0.39 is 29.1 Å². The minimum atomic E-state index is -0.724. The Labute approximate surface area is 198 Å². The van der Waals surface area contributed by atoms with Crippen LogP contribution in [-0.4, -0.2) is 50.7 Å². The van der Waals surface area contributed by atoms with E-state index in [1.807, 2.05) is 0 Å². The second-order valence-electron chi connectivity index (χ2n) is 7.74. The highest BCUT2D eigenvalue weighted by Gasteiger charge is 2.34. The first-order valence-electron chi connectivity index (χ1n) is 10.4. The van der Waals surface area contributed by atoms with Crippen LogP contribution in [0.1, 0.15) is 29.4 Å². The van der Waals surface area contributed by atoms with Gasteiger partial charge < -0.3 is 20.6 Å². The average molecular weight is 487 g/mol. The van der Waals surface area contributed by atoms with Gasteiger partial charge >= 0.3 is 0 Å². The van der Waals surface area contributed by atoms with Gasteiger partial charge in [0.05, 0.1) is 11.8 Å². The van der Waals surface area contributed by atoms with Crippen LogP contribution in [-0.2, 0) is 0 Å². The summed E-state index contributed by atoms with van der Waals surface area (Å²) in [6.07, 6.45) is 3.05. The summed E-state index contributed by atoms with van der Waals surface area (Å²) >= 11 is 6.40. The van der Waals surface area contributed by atoms with Gasteiger partial charge in [0.25, 0.3) is 11.5 Å². The molecule has 3 N–H and O–H groups in total. The molecule has 0 unspecified atom stereocenters. The number of likely N-dealkylation sites (tertiary alicyclic amines) is 1. The largest absolute Gasteiger partial charge is 0.387 e. The number of benzene rings is 1. The van der Waals surface area contributed by atoms with Crippen LogP contribution in [0.15, 0.2) is 53.2 Å². The number of aromatic nitrogens is 3. The molecule has 0 saturated carbocycles. The standard InChI is InChI=1S/C23H21ClF2N6O2/c1-12-18(27)16(19(28-2)13-8-14(25)10-15(26)9-13)5-7-31(12)23(34)20-21(24)32(11-30-20)17-4-3-6-29-22(17)33/h3-4,6,8-12,27-28H,5,7H2,1-2H3,(H,29,33)/b19-16-,27-18?/t12-/m0/s1. The molecule has 0 aliphatic carbocycles. The Morgan fingerprint density at radius 1 is 1.29 bits per heavy atom. The first-order valence-corrected chi connectivity index (χ1v) is 10.8. The number of hydrogen-bond acceptors (Lipinski definition) is 5. The third kappa shape index (κ3) is 4.12. The Hall–Kier alpha value is -3.79. The van der Waals surface area contributed by atoms with Crippen LogP contribution in [0, 0.1) is 17.0 Å². The van der Waals surface area contributed by atoms with Gasteiger partial charge in [-0.3, -0.25) is 14.2 Å². The molecule has 3 aromatic rings. The Morgan fingerprint density at radius 3 is 2.65 bits per heavy atom. The topological polar surface area (TPSA) is 107 Å². The number of rotatable bonds is 4. The normalized spacial score (nSPS) is 17.6. The smallest absolute Gasteiger partial charge is 0.276 e. The van der Waals surface area contributed by atoms with Crippen molar-refractivity contribution in [3.8, 4) is 5.69 Å². The molecule has 34 heavy (non-hydrogen) atoms. The molecule has 1 aliphatic heterocycles. The van der Waals surface area contributed by atoms with Crippen LogP contribution in [0.2, 0.25) is 5.15 Å². The molecule has 3 heterocycles. The van der Waals surface area contributed by atoms with E-state index in [1.54, 1.807) is 26.1 Å². The van der Waals surface area contributed by atoms with Crippen LogP contribution >= 0.6 is 11.6 Å². The summed E-state index contributed by atoms with van der Waals surface area (Å²) in [6, 6.07) is 5.68. The molecule has 0 bridgehead atoms. The van der Waals surface area contributed by atoms with E-state index in [0.29, 0.717) is 11.3 Å². The van der Waals surface area contributed by atoms with Crippen LogP contribution in [0.25, 0.3) is 11.4 Å². The summed E-state index contributed by atoms with van der Waals surface area (Å²) < 4.78 is 28.9. The number of carbonyl (C=O) groups is 1. The molecule has 2 aromatic heterocycles. The highest BCUT2D eigenvalue weighted by molar-refractivity contribution is 6.33. The van der Waals surface area contributed by atoms with Gasteiger partial charge in [-0.15, -0.1) is 0 Å². The van der Waals surface area contributed by atoms with Gasteiger partial charge in [-0.1, -0.05) is 11.6 Å². The van der Waals surface area contributed by atoms with Crippen molar-refractivity contribution < 1.29 is 13.6 Å². The highest BCUT2D eigenvalue weighted by atomic mass is 35.5. The fourth-order valence-corrected chi connectivity index (χ4v) is 4.32. The number of aromatic amines is 1. The molecule has 1 aliphatic rings. The number of hydrogen-bond donors (Lipinski definition) is 3. The summed E-state index contributed by atoms with van der Waals surface area (Å²) in [7, 11) is 1.61. The number of piperidine rings is 1. The van der Waals surface area contributed by atoms with Crippen LogP contribution in [0.5, 0.6) is 0 Å². The third-order valence-corrected chi connectivity index (χ3v) is 6.11. The molecule has 1 atom stereocenters. The number of nitrogens with one attached hydrogen (secondary N) is 3. The number of carbonyl (C=O) groups excluding carboxylic acids is 1. The Kier molecular flexibility index (Phi) is 6.34. The first kappa shape index (κ1) is 23.4. The molecule has 0 radical (unpaired) electrons. The molecule has 1 fully saturated rings. The molecular weight excluding hydrogens is 466 g/mol. The molecular formula is C23H21ClF2N6O2. The molecule has 1 amide bonds. The first-order chi connectivity index (χ1) is 16.2. The molecule has 1 saturated heterocycles. The van der Waals surface area contributed by atoms with Gasteiger partial charge in [0.2, 0.25) is 0 Å². The lowest BCUT2D eigenvalue weighted by Crippen LogP contribution is -2.48. The molecule has 176 valence electrons. The zero-order valence-electron chi connectivity index (χ0n) is 18.3. The molecule has 4 rings (SSSR count). The lowest BCUT2D eigenvalue weighted by atomic mass is 9.91. The van der Waals surface area contributed by atoms with Crippen molar-refractivity contribution in [2.24, 2.45) is 0 Å². The summed E-state index contributed by atoms with van der Waals surface area (Å²) in [6.45, 7) is 1.92. The van der Waals surface area contributed by atoms with Gasteiger partial charge in [0.1, 0.15) is 28.8 Å². The van der Waals surface area contributed by atoms with Crippen molar-refractivity contribution in [3.63, 3.8) is 0 Å². The molecule has 0 spiro atoms. The minimum absolute atomic E-state index is 0.0204. The van der Waals surface area contributed by atoms with E-state index in [2.05, 4.69) is 15.3 Å². The number of amides is 1. The van der Waals surface area contributed by atoms with E-state index in [4.69, 9.17) is 17.0 Å². The van der Waals surface area contributed by atoms with E-state index in [1.165, 1.54) is 34.1 Å². The Balaban J connectivity index is 1.64. The van der Waals surface area contributed by atoms with Crippen molar-refractivity contribution in [2.45, 2.75) is 19.4 Å². The lowest BCUT2D eigenvalue weighted by molar-refractivity contribution is 0.0723. The molecule has 11 heteroatoms. The predicted molar refractivity (Wildman–Crippen MR) is 124 cm³/mol. The van der Waals surface area contributed by atoms with Crippen molar-refractivity contribution in [3.05, 3.63) is 86.8 Å². The number of halogens is 3. The zero-order valence-corrected chi connectivity index (χ0v) is 19.1. The van der Waals surface area contributed by atoms with E-state index >= 15 is 0 Å². The van der Waals surface area contributed by atoms with Gasteiger partial charge in [-0.25, -0.2) is 13.8 Å². The molecule has 1 aromatic carbocycles. The Bertz CT molecular complexity index is 1360. The summed E-state index contributed by atoms with van der Waals surface area (Å²) in [5.74, 6) is -1.94. The van der Waals surface area contributed by atoms with E-state index in [-0.39, 0.29) is 40.8 Å². The maximum Gasteiger partial charge on any atom is 0.276 e. The number of H-pyrrole nitrogens is 1. The lowest BCUT2D eigenvalue weighted by Gasteiger charge is -2.36. The molecule has 8 nitrogen and oxygen atoms in total.